The molecule has 0 saturated carbocycles. The number of nitrogens with zero attached hydrogens (tertiary/aromatic N) is 9. The summed E-state index contributed by atoms with van der Waals surface area (Å²) in [5, 5.41) is 9.21. The van der Waals surface area contributed by atoms with Gasteiger partial charge in [0.2, 0.25) is 12.3 Å². The molecule has 0 atom stereocenters. The Bertz CT molecular complexity index is 1750. The van der Waals surface area contributed by atoms with Gasteiger partial charge >= 0.3 is 6.09 Å². The van der Waals surface area contributed by atoms with Crippen molar-refractivity contribution in [2.24, 2.45) is 0 Å². The number of hydrogen-bond donors (Lipinski definition) is 2. The lowest BCUT2D eigenvalue weighted by molar-refractivity contribution is -0.107. The molecular formula is C27H26N10O4. The Morgan fingerprint density at radius 2 is 2.00 bits per heavy atom. The molecule has 0 radical (unpaired) electrons. The number of nitrogens with two attached hydrogens (primary N) is 1. The Hall–Kier alpha value is -5.53. The van der Waals surface area contributed by atoms with Gasteiger partial charge in [0, 0.05) is 43.8 Å². The van der Waals surface area contributed by atoms with Crippen molar-refractivity contribution in [3.05, 3.63) is 66.6 Å². The lowest BCUT2D eigenvalue weighted by atomic mass is 10.1. The number of anilines is 3. The average Bonchev–Trinajstić information content (AvgIpc) is 3.61. The molecule has 3 N–H and O–H groups in total. The highest BCUT2D eigenvalue weighted by atomic mass is 16.4. The Kier molecular flexibility index (Phi) is 6.41. The summed E-state index contributed by atoms with van der Waals surface area (Å²) in [6, 6.07) is 9.09. The molecule has 6 heterocycles. The number of fused-ring (bicyclic) bond motifs is 1. The first-order valence-corrected chi connectivity index (χ1v) is 12.7. The number of carboxylic acid groups (broad SMARTS) is 1. The van der Waals surface area contributed by atoms with Gasteiger partial charge in [-0.3, -0.25) is 9.69 Å². The van der Waals surface area contributed by atoms with Crippen molar-refractivity contribution in [2.75, 3.05) is 35.7 Å². The molecule has 2 amide bonds. The second-order valence-electron chi connectivity index (χ2n) is 9.69. The molecule has 0 spiro atoms. The number of aromatic nitrogens is 6. The Morgan fingerprint density at radius 3 is 2.73 bits per heavy atom. The lowest BCUT2D eigenvalue weighted by Crippen LogP contribution is -2.59. The minimum atomic E-state index is -0.968. The summed E-state index contributed by atoms with van der Waals surface area (Å²) in [4.78, 5) is 50.8. The third-order valence-corrected chi connectivity index (χ3v) is 7.06. The van der Waals surface area contributed by atoms with Gasteiger partial charge in [0.05, 0.1) is 24.5 Å². The predicted molar refractivity (Wildman–Crippen MR) is 149 cm³/mol. The molecule has 14 heteroatoms. The zero-order valence-electron chi connectivity index (χ0n) is 22.2. The van der Waals surface area contributed by atoms with Crippen LogP contribution in [0.3, 0.4) is 0 Å². The van der Waals surface area contributed by atoms with Gasteiger partial charge in [-0.05, 0) is 31.2 Å². The minimum Gasteiger partial charge on any atom is -0.465 e. The predicted octanol–water partition coefficient (Wildman–Crippen LogP) is 2.69. The maximum Gasteiger partial charge on any atom is 0.407 e. The van der Waals surface area contributed by atoms with Gasteiger partial charge in [-0.15, -0.1) is 0 Å². The third kappa shape index (κ3) is 4.75. The SMILES string of the molecule is Cc1cnc2ccc(-c3nc(N(C=O)Cc4cccc(N5CC(N(C)C(=O)O)C5)n4)c(N)nc3-c3ncco3)cn12. The highest BCUT2D eigenvalue weighted by Gasteiger charge is 2.33. The van der Waals surface area contributed by atoms with Crippen molar-refractivity contribution < 1.29 is 19.1 Å². The van der Waals surface area contributed by atoms with Crippen molar-refractivity contribution in [3.8, 4) is 22.8 Å². The van der Waals surface area contributed by atoms with E-state index in [0.29, 0.717) is 48.0 Å². The van der Waals surface area contributed by atoms with E-state index in [1.807, 2.05) is 46.7 Å². The van der Waals surface area contributed by atoms with Crippen LogP contribution < -0.4 is 15.5 Å². The molecule has 0 aliphatic carbocycles. The number of rotatable bonds is 8. The van der Waals surface area contributed by atoms with Crippen molar-refractivity contribution in [2.45, 2.75) is 19.5 Å². The summed E-state index contributed by atoms with van der Waals surface area (Å²) in [6.45, 7) is 3.09. The van der Waals surface area contributed by atoms with E-state index in [2.05, 4.69) is 19.9 Å². The Labute approximate surface area is 233 Å². The van der Waals surface area contributed by atoms with E-state index in [-0.39, 0.29) is 30.1 Å². The van der Waals surface area contributed by atoms with Crippen LogP contribution in [0.1, 0.15) is 11.4 Å². The van der Waals surface area contributed by atoms with E-state index in [4.69, 9.17) is 15.1 Å². The number of aryl methyl sites for hydroxylation is 1. The Morgan fingerprint density at radius 1 is 1.17 bits per heavy atom. The van der Waals surface area contributed by atoms with Gasteiger partial charge in [-0.25, -0.2) is 29.7 Å². The van der Waals surface area contributed by atoms with E-state index in [9.17, 15) is 14.7 Å². The van der Waals surface area contributed by atoms with Crippen LogP contribution in [0.25, 0.3) is 28.5 Å². The largest absolute Gasteiger partial charge is 0.465 e. The fourth-order valence-corrected chi connectivity index (χ4v) is 4.70. The van der Waals surface area contributed by atoms with Crippen LogP contribution in [0.15, 0.2) is 59.6 Å². The van der Waals surface area contributed by atoms with Gasteiger partial charge in [-0.1, -0.05) is 6.07 Å². The van der Waals surface area contributed by atoms with Gasteiger partial charge < -0.3 is 29.5 Å². The summed E-state index contributed by atoms with van der Waals surface area (Å²) in [5.41, 5.74) is 10.1. The number of amides is 2. The molecule has 14 nitrogen and oxygen atoms in total. The molecule has 1 fully saturated rings. The molecule has 0 aromatic carbocycles. The first-order valence-electron chi connectivity index (χ1n) is 12.7. The zero-order chi connectivity index (χ0) is 28.7. The van der Waals surface area contributed by atoms with E-state index in [0.717, 1.165) is 11.3 Å². The standard InChI is InChI=1S/C27H26N10O4/c1-16-10-30-20-7-6-17(11-37(16)20)22-23(26-29-8-9-41-26)32-24(28)25(33-22)36(15-38)12-18-4-3-5-21(31-18)35-13-19(14-35)34(2)27(39)40/h3-11,15,19H,12-14H2,1-2H3,(H2,28,32)(H,39,40). The monoisotopic (exact) mass is 554 g/mol. The van der Waals surface area contributed by atoms with E-state index in [1.54, 1.807) is 19.3 Å². The molecule has 41 heavy (non-hydrogen) atoms. The smallest absolute Gasteiger partial charge is 0.407 e. The first-order chi connectivity index (χ1) is 19.8. The summed E-state index contributed by atoms with van der Waals surface area (Å²) in [6.07, 6.45) is 6.26. The van der Waals surface area contributed by atoms with Crippen LogP contribution in [-0.4, -0.2) is 78.0 Å². The quantitative estimate of drug-likeness (QED) is 0.270. The van der Waals surface area contributed by atoms with Crippen molar-refractivity contribution in [3.63, 3.8) is 0 Å². The normalized spacial score (nSPS) is 13.3. The molecule has 1 aliphatic heterocycles. The molecule has 1 saturated heterocycles. The molecule has 5 aromatic heterocycles. The maximum atomic E-state index is 12.3. The fraction of sp³-hybridized carbons (Fsp3) is 0.222. The van der Waals surface area contributed by atoms with Gasteiger partial charge in [-0.2, -0.15) is 0 Å². The average molecular weight is 555 g/mol. The topological polar surface area (TPSA) is 172 Å². The van der Waals surface area contributed by atoms with Crippen molar-refractivity contribution in [1.29, 1.82) is 0 Å². The molecule has 208 valence electrons. The van der Waals surface area contributed by atoms with Crippen molar-refractivity contribution in [1.82, 2.24) is 34.2 Å². The zero-order valence-corrected chi connectivity index (χ0v) is 22.2. The second kappa shape index (κ2) is 10.2. The number of carbonyl (C=O) groups excluding carboxylic acids is 1. The van der Waals surface area contributed by atoms with Crippen LogP contribution in [0.2, 0.25) is 0 Å². The van der Waals surface area contributed by atoms with E-state index >= 15 is 0 Å². The molecule has 5 aromatic rings. The van der Waals surface area contributed by atoms with E-state index in [1.165, 1.54) is 22.3 Å². The maximum absolute atomic E-state index is 12.3. The fourth-order valence-electron chi connectivity index (χ4n) is 4.70. The number of nitrogen functional groups attached to an aromatic ring is 1. The van der Waals surface area contributed by atoms with Crippen LogP contribution in [0, 0.1) is 6.92 Å². The summed E-state index contributed by atoms with van der Waals surface area (Å²) in [7, 11) is 1.55. The highest BCUT2D eigenvalue weighted by Crippen LogP contribution is 2.33. The molecule has 1 aliphatic rings. The molecule has 6 rings (SSSR count). The second-order valence-corrected chi connectivity index (χ2v) is 9.69. The number of likely N-dealkylation sites (N-methyl/N-ethyl adjacent to an activating group) is 1. The molecule has 0 bridgehead atoms. The van der Waals surface area contributed by atoms with Crippen LogP contribution in [-0.2, 0) is 11.3 Å². The highest BCUT2D eigenvalue weighted by molar-refractivity contribution is 5.84. The lowest BCUT2D eigenvalue weighted by Gasteiger charge is -2.43. The van der Waals surface area contributed by atoms with Crippen LogP contribution in [0.5, 0.6) is 0 Å². The van der Waals surface area contributed by atoms with Crippen molar-refractivity contribution >= 4 is 35.6 Å². The third-order valence-electron chi connectivity index (χ3n) is 7.06. The summed E-state index contributed by atoms with van der Waals surface area (Å²) < 4.78 is 7.45. The summed E-state index contributed by atoms with van der Waals surface area (Å²) >= 11 is 0. The number of carbonyl (C=O) groups is 2. The Balaban J connectivity index is 1.33. The minimum absolute atomic E-state index is 0.0207. The van der Waals surface area contributed by atoms with E-state index < -0.39 is 6.09 Å². The number of oxazole rings is 1. The molecular weight excluding hydrogens is 528 g/mol. The van der Waals surface area contributed by atoms with Crippen LogP contribution >= 0.6 is 0 Å². The number of pyridine rings is 2. The van der Waals surface area contributed by atoms with Crippen LogP contribution in [0.4, 0.5) is 22.2 Å². The van der Waals surface area contributed by atoms with Gasteiger partial charge in [0.15, 0.2) is 17.3 Å². The van der Waals surface area contributed by atoms with Gasteiger partial charge in [0.1, 0.15) is 23.4 Å². The van der Waals surface area contributed by atoms with Gasteiger partial charge in [0.25, 0.3) is 0 Å². The first kappa shape index (κ1) is 25.7. The molecule has 0 unspecified atom stereocenters. The number of imidazole rings is 1. The number of hydrogen-bond acceptors (Lipinski definition) is 10. The summed E-state index contributed by atoms with van der Waals surface area (Å²) in [5.74, 6) is 1.10.